The van der Waals surface area contributed by atoms with E-state index in [1.165, 1.54) is 6.07 Å². The van der Waals surface area contributed by atoms with Gasteiger partial charge in [0.15, 0.2) is 11.6 Å². The van der Waals surface area contributed by atoms with E-state index in [2.05, 4.69) is 15.6 Å². The van der Waals surface area contributed by atoms with Crippen LogP contribution in [0.5, 0.6) is 0 Å². The Morgan fingerprint density at radius 3 is 2.84 bits per heavy atom. The summed E-state index contributed by atoms with van der Waals surface area (Å²) in [7, 11) is 0. The Kier molecular flexibility index (Phi) is 4.53. The van der Waals surface area contributed by atoms with Gasteiger partial charge in [0.25, 0.3) is 0 Å². The first-order chi connectivity index (χ1) is 9.16. The molecule has 2 rings (SSSR count). The van der Waals surface area contributed by atoms with Crippen LogP contribution >= 0.6 is 0 Å². The van der Waals surface area contributed by atoms with Gasteiger partial charge in [0.1, 0.15) is 0 Å². The van der Waals surface area contributed by atoms with Crippen molar-refractivity contribution in [2.24, 2.45) is 0 Å². The summed E-state index contributed by atoms with van der Waals surface area (Å²) in [5.74, 6) is -1.88. The van der Waals surface area contributed by atoms with E-state index in [-0.39, 0.29) is 6.54 Å². The highest BCUT2D eigenvalue weighted by atomic mass is 19.2. The SMILES string of the molecule is OC(CNCCn1ccnn1)c1ccc(F)c(F)c1. The van der Waals surface area contributed by atoms with Crippen molar-refractivity contribution in [2.45, 2.75) is 12.6 Å². The molecule has 7 heteroatoms. The average Bonchev–Trinajstić information content (AvgIpc) is 2.91. The molecule has 102 valence electrons. The molecule has 0 saturated heterocycles. The lowest BCUT2D eigenvalue weighted by Crippen LogP contribution is -2.25. The molecule has 0 fully saturated rings. The first kappa shape index (κ1) is 13.6. The zero-order valence-corrected chi connectivity index (χ0v) is 10.1. The van der Waals surface area contributed by atoms with Crippen molar-refractivity contribution in [1.29, 1.82) is 0 Å². The first-order valence-electron chi connectivity index (χ1n) is 5.84. The third kappa shape index (κ3) is 3.80. The molecule has 5 nitrogen and oxygen atoms in total. The minimum Gasteiger partial charge on any atom is -0.387 e. The topological polar surface area (TPSA) is 63.0 Å². The number of rotatable bonds is 6. The number of benzene rings is 1. The molecule has 0 saturated carbocycles. The highest BCUT2D eigenvalue weighted by molar-refractivity contribution is 5.20. The van der Waals surface area contributed by atoms with Gasteiger partial charge in [-0.1, -0.05) is 11.3 Å². The summed E-state index contributed by atoms with van der Waals surface area (Å²) < 4.78 is 27.4. The minimum absolute atomic E-state index is 0.250. The Balaban J connectivity index is 1.77. The molecule has 1 unspecified atom stereocenters. The van der Waals surface area contributed by atoms with Crippen molar-refractivity contribution in [2.75, 3.05) is 13.1 Å². The van der Waals surface area contributed by atoms with Gasteiger partial charge in [-0.2, -0.15) is 0 Å². The van der Waals surface area contributed by atoms with Crippen LogP contribution in [0.4, 0.5) is 8.78 Å². The van der Waals surface area contributed by atoms with E-state index in [1.54, 1.807) is 17.1 Å². The van der Waals surface area contributed by atoms with Gasteiger partial charge in [0.2, 0.25) is 0 Å². The summed E-state index contributed by atoms with van der Waals surface area (Å²) in [4.78, 5) is 0. The summed E-state index contributed by atoms with van der Waals surface area (Å²) >= 11 is 0. The number of aliphatic hydroxyl groups is 1. The monoisotopic (exact) mass is 268 g/mol. The number of hydrogen-bond donors (Lipinski definition) is 2. The molecule has 1 atom stereocenters. The lowest BCUT2D eigenvalue weighted by molar-refractivity contribution is 0.173. The first-order valence-corrected chi connectivity index (χ1v) is 5.84. The standard InChI is InChI=1S/C12H14F2N4O/c13-10-2-1-9(7-11(10)14)12(19)8-15-3-5-18-6-4-16-17-18/h1-2,4,6-7,12,15,19H,3,5,8H2. The molecule has 0 aliphatic carbocycles. The van der Waals surface area contributed by atoms with E-state index >= 15 is 0 Å². The zero-order chi connectivity index (χ0) is 13.7. The zero-order valence-electron chi connectivity index (χ0n) is 10.1. The normalized spacial score (nSPS) is 12.6. The molecule has 1 heterocycles. The Bertz CT molecular complexity index is 518. The second kappa shape index (κ2) is 6.35. The van der Waals surface area contributed by atoms with Gasteiger partial charge in [-0.3, -0.25) is 4.68 Å². The second-order valence-corrected chi connectivity index (χ2v) is 4.06. The van der Waals surface area contributed by atoms with Crippen LogP contribution < -0.4 is 5.32 Å². The molecule has 0 aliphatic rings. The minimum atomic E-state index is -0.959. The molecule has 1 aromatic carbocycles. The van der Waals surface area contributed by atoms with Crippen molar-refractivity contribution in [3.8, 4) is 0 Å². The predicted octanol–water partition coefficient (Wildman–Crippen LogP) is 0.879. The Labute approximate surface area is 108 Å². The molecule has 2 aromatic rings. The van der Waals surface area contributed by atoms with Gasteiger partial charge in [-0.25, -0.2) is 8.78 Å². The molecule has 0 radical (unpaired) electrons. The lowest BCUT2D eigenvalue weighted by atomic mass is 10.1. The van der Waals surface area contributed by atoms with E-state index < -0.39 is 17.7 Å². The van der Waals surface area contributed by atoms with Crippen LogP contribution in [-0.4, -0.2) is 33.2 Å². The number of halogens is 2. The number of aromatic nitrogens is 3. The third-order valence-corrected chi connectivity index (χ3v) is 2.66. The van der Waals surface area contributed by atoms with Crippen molar-refractivity contribution in [3.63, 3.8) is 0 Å². The smallest absolute Gasteiger partial charge is 0.159 e. The molecular weight excluding hydrogens is 254 g/mol. The van der Waals surface area contributed by atoms with Crippen LogP contribution in [0.15, 0.2) is 30.6 Å². The van der Waals surface area contributed by atoms with Crippen LogP contribution in [0.2, 0.25) is 0 Å². The Hall–Kier alpha value is -1.86. The van der Waals surface area contributed by atoms with E-state index in [0.717, 1.165) is 12.1 Å². The van der Waals surface area contributed by atoms with Crippen molar-refractivity contribution < 1.29 is 13.9 Å². The molecule has 0 bridgehead atoms. The van der Waals surface area contributed by atoms with Crippen LogP contribution in [0.1, 0.15) is 11.7 Å². The third-order valence-electron chi connectivity index (χ3n) is 2.66. The number of nitrogens with zero attached hydrogens (tertiary/aromatic N) is 3. The van der Waals surface area contributed by atoms with Gasteiger partial charge < -0.3 is 10.4 Å². The molecular formula is C12H14F2N4O. The maximum atomic E-state index is 13.0. The number of hydrogen-bond acceptors (Lipinski definition) is 4. The number of aliphatic hydroxyl groups excluding tert-OH is 1. The summed E-state index contributed by atoms with van der Waals surface area (Å²) in [6.07, 6.45) is 2.43. The molecule has 19 heavy (non-hydrogen) atoms. The summed E-state index contributed by atoms with van der Waals surface area (Å²) in [5.41, 5.74) is 0.340. The molecule has 1 aromatic heterocycles. The van der Waals surface area contributed by atoms with Crippen molar-refractivity contribution in [3.05, 3.63) is 47.8 Å². The van der Waals surface area contributed by atoms with Gasteiger partial charge >= 0.3 is 0 Å². The van der Waals surface area contributed by atoms with E-state index in [0.29, 0.717) is 18.7 Å². The fraction of sp³-hybridized carbons (Fsp3) is 0.333. The van der Waals surface area contributed by atoms with Gasteiger partial charge in [0.05, 0.1) is 18.8 Å². The van der Waals surface area contributed by atoms with Crippen LogP contribution in [0.3, 0.4) is 0 Å². The quantitative estimate of drug-likeness (QED) is 0.763. The van der Waals surface area contributed by atoms with Crippen LogP contribution in [-0.2, 0) is 6.54 Å². The molecule has 0 spiro atoms. The fourth-order valence-electron chi connectivity index (χ4n) is 1.62. The largest absolute Gasteiger partial charge is 0.387 e. The van der Waals surface area contributed by atoms with Crippen molar-refractivity contribution >= 4 is 0 Å². The van der Waals surface area contributed by atoms with Gasteiger partial charge in [-0.15, -0.1) is 5.10 Å². The van der Waals surface area contributed by atoms with E-state index in [4.69, 9.17) is 0 Å². The van der Waals surface area contributed by atoms with E-state index in [9.17, 15) is 13.9 Å². The predicted molar refractivity (Wildman–Crippen MR) is 64.2 cm³/mol. The lowest BCUT2D eigenvalue weighted by Gasteiger charge is -2.12. The highest BCUT2D eigenvalue weighted by Gasteiger charge is 2.10. The van der Waals surface area contributed by atoms with Gasteiger partial charge in [-0.05, 0) is 17.7 Å². The number of nitrogens with one attached hydrogen (secondary N) is 1. The summed E-state index contributed by atoms with van der Waals surface area (Å²) in [6, 6.07) is 3.37. The Morgan fingerprint density at radius 2 is 2.16 bits per heavy atom. The van der Waals surface area contributed by atoms with Crippen LogP contribution in [0, 0.1) is 11.6 Å². The summed E-state index contributed by atoms with van der Waals surface area (Å²) in [6.45, 7) is 1.45. The molecule has 2 N–H and O–H groups in total. The molecule has 0 aliphatic heterocycles. The van der Waals surface area contributed by atoms with Gasteiger partial charge in [0, 0.05) is 19.3 Å². The van der Waals surface area contributed by atoms with Crippen LogP contribution in [0.25, 0.3) is 0 Å². The average molecular weight is 268 g/mol. The fourth-order valence-corrected chi connectivity index (χ4v) is 1.62. The summed E-state index contributed by atoms with van der Waals surface area (Å²) in [5, 5.41) is 20.3. The molecule has 0 amide bonds. The van der Waals surface area contributed by atoms with E-state index in [1.807, 2.05) is 0 Å². The second-order valence-electron chi connectivity index (χ2n) is 4.06. The maximum Gasteiger partial charge on any atom is 0.159 e. The Morgan fingerprint density at radius 1 is 1.32 bits per heavy atom. The van der Waals surface area contributed by atoms with Crippen molar-refractivity contribution in [1.82, 2.24) is 20.3 Å². The maximum absolute atomic E-state index is 13.0. The highest BCUT2D eigenvalue weighted by Crippen LogP contribution is 2.15.